The Morgan fingerprint density at radius 3 is 2.85 bits per heavy atom. The number of aryl methyl sites for hydroxylation is 1. The number of nitrogens with two attached hydrogens (primary N) is 1. The molecule has 0 aliphatic carbocycles. The lowest BCUT2D eigenvalue weighted by Gasteiger charge is -2.31. The van der Waals surface area contributed by atoms with E-state index in [1.807, 2.05) is 0 Å². The van der Waals surface area contributed by atoms with Crippen molar-refractivity contribution in [1.29, 1.82) is 0 Å². The molecule has 7 heteroatoms. The van der Waals surface area contributed by atoms with E-state index in [4.69, 9.17) is 15.6 Å². The maximum Gasteiger partial charge on any atom is 0.243 e. The third kappa shape index (κ3) is 3.02. The molecule has 1 atom stereocenters. The predicted molar refractivity (Wildman–Crippen MR) is 74.7 cm³/mol. The Bertz CT molecular complexity index is 574. The molecule has 0 aromatic heterocycles. The first kappa shape index (κ1) is 15.4. The number of nitrogens with zero attached hydrogens (tertiary/aromatic N) is 1. The van der Waals surface area contributed by atoms with Gasteiger partial charge in [0.2, 0.25) is 10.0 Å². The van der Waals surface area contributed by atoms with E-state index in [1.54, 1.807) is 25.1 Å². The fourth-order valence-electron chi connectivity index (χ4n) is 2.29. The Kier molecular flexibility index (Phi) is 4.77. The van der Waals surface area contributed by atoms with E-state index in [9.17, 15) is 8.42 Å². The summed E-state index contributed by atoms with van der Waals surface area (Å²) in [6, 6.07) is 5.11. The number of aliphatic hydroxyl groups is 1. The lowest BCUT2D eigenvalue weighted by molar-refractivity contribution is -0.0304. The number of benzene rings is 1. The van der Waals surface area contributed by atoms with E-state index in [1.165, 1.54) is 4.31 Å². The van der Waals surface area contributed by atoms with Crippen LogP contribution in [0.1, 0.15) is 11.1 Å². The highest BCUT2D eigenvalue weighted by molar-refractivity contribution is 7.89. The quantitative estimate of drug-likeness (QED) is 0.806. The average molecular weight is 300 g/mol. The Hall–Kier alpha value is -0.990. The van der Waals surface area contributed by atoms with E-state index in [0.717, 1.165) is 5.56 Å². The predicted octanol–water partition coefficient (Wildman–Crippen LogP) is -0.164. The highest BCUT2D eigenvalue weighted by Crippen LogP contribution is 2.22. The Morgan fingerprint density at radius 1 is 1.50 bits per heavy atom. The maximum absolute atomic E-state index is 12.6. The fourth-order valence-corrected chi connectivity index (χ4v) is 3.95. The third-order valence-electron chi connectivity index (χ3n) is 3.40. The second kappa shape index (κ2) is 6.19. The van der Waals surface area contributed by atoms with Gasteiger partial charge in [0.15, 0.2) is 0 Å². The number of hydrogen-bond donors (Lipinski definition) is 2. The monoisotopic (exact) mass is 300 g/mol. The summed E-state index contributed by atoms with van der Waals surface area (Å²) in [5.41, 5.74) is 7.13. The van der Waals surface area contributed by atoms with E-state index in [-0.39, 0.29) is 18.0 Å². The van der Waals surface area contributed by atoms with Crippen LogP contribution in [0.2, 0.25) is 0 Å². The summed E-state index contributed by atoms with van der Waals surface area (Å²) in [6.45, 7) is 2.73. The van der Waals surface area contributed by atoms with Gasteiger partial charge in [0.05, 0.1) is 24.2 Å². The molecule has 1 aromatic rings. The molecule has 1 saturated heterocycles. The van der Waals surface area contributed by atoms with Crippen LogP contribution in [0.4, 0.5) is 0 Å². The van der Waals surface area contributed by atoms with Gasteiger partial charge in [0.25, 0.3) is 0 Å². The van der Waals surface area contributed by atoms with Crippen LogP contribution in [0.25, 0.3) is 0 Å². The van der Waals surface area contributed by atoms with Crippen LogP contribution in [0, 0.1) is 6.92 Å². The average Bonchev–Trinajstić information content (AvgIpc) is 2.46. The van der Waals surface area contributed by atoms with Crippen molar-refractivity contribution in [3.8, 4) is 0 Å². The van der Waals surface area contributed by atoms with Crippen LogP contribution in [-0.4, -0.2) is 50.2 Å². The molecule has 0 saturated carbocycles. The van der Waals surface area contributed by atoms with Crippen molar-refractivity contribution in [2.75, 3.05) is 26.3 Å². The van der Waals surface area contributed by atoms with Gasteiger partial charge in [-0.1, -0.05) is 12.1 Å². The topological polar surface area (TPSA) is 92.9 Å². The summed E-state index contributed by atoms with van der Waals surface area (Å²) in [4.78, 5) is 0.285. The minimum atomic E-state index is -3.56. The van der Waals surface area contributed by atoms with Gasteiger partial charge in [-0.05, 0) is 24.1 Å². The second-order valence-electron chi connectivity index (χ2n) is 4.84. The van der Waals surface area contributed by atoms with Gasteiger partial charge >= 0.3 is 0 Å². The summed E-state index contributed by atoms with van der Waals surface area (Å²) in [6.07, 6.45) is -0.456. The molecule has 2 rings (SSSR count). The zero-order valence-corrected chi connectivity index (χ0v) is 12.3. The molecular weight excluding hydrogens is 280 g/mol. The van der Waals surface area contributed by atoms with Crippen LogP contribution in [-0.2, 0) is 21.3 Å². The van der Waals surface area contributed by atoms with Crippen molar-refractivity contribution < 1.29 is 18.3 Å². The van der Waals surface area contributed by atoms with Crippen LogP contribution in [0.5, 0.6) is 0 Å². The molecule has 1 aliphatic heterocycles. The van der Waals surface area contributed by atoms with Crippen molar-refractivity contribution in [2.24, 2.45) is 5.73 Å². The van der Waals surface area contributed by atoms with Gasteiger partial charge < -0.3 is 15.6 Å². The molecule has 3 N–H and O–H groups in total. The summed E-state index contributed by atoms with van der Waals surface area (Å²) in [5, 5.41) is 9.11. The standard InChI is InChI=1S/C13H20N2O4S/c1-10-6-11(7-14)2-3-13(10)20(17,18)15-4-5-19-12(8-15)9-16/h2-3,6,12,16H,4-5,7-9,14H2,1H3. The van der Waals surface area contributed by atoms with E-state index in [2.05, 4.69) is 0 Å². The number of aliphatic hydroxyl groups excluding tert-OH is 1. The molecule has 1 fully saturated rings. The molecule has 1 aromatic carbocycles. The van der Waals surface area contributed by atoms with E-state index < -0.39 is 16.1 Å². The first-order valence-corrected chi connectivity index (χ1v) is 7.95. The van der Waals surface area contributed by atoms with Crippen LogP contribution in [0.3, 0.4) is 0 Å². The molecule has 1 unspecified atom stereocenters. The Labute approximate surface area is 119 Å². The summed E-state index contributed by atoms with van der Waals surface area (Å²) in [5.74, 6) is 0. The molecule has 112 valence electrons. The molecule has 1 aliphatic rings. The van der Waals surface area contributed by atoms with Gasteiger partial charge in [-0.3, -0.25) is 0 Å². The van der Waals surface area contributed by atoms with Gasteiger partial charge in [0, 0.05) is 19.6 Å². The molecule has 0 bridgehead atoms. The summed E-state index contributed by atoms with van der Waals surface area (Å²) in [7, 11) is -3.56. The van der Waals surface area contributed by atoms with Gasteiger partial charge in [-0.25, -0.2) is 8.42 Å². The lowest BCUT2D eigenvalue weighted by atomic mass is 10.1. The first-order valence-electron chi connectivity index (χ1n) is 6.51. The largest absolute Gasteiger partial charge is 0.394 e. The van der Waals surface area contributed by atoms with Crippen LogP contribution >= 0.6 is 0 Å². The number of sulfonamides is 1. The normalized spacial score (nSPS) is 21.1. The molecular formula is C13H20N2O4S. The van der Waals surface area contributed by atoms with Crippen molar-refractivity contribution >= 4 is 10.0 Å². The first-order chi connectivity index (χ1) is 9.48. The SMILES string of the molecule is Cc1cc(CN)ccc1S(=O)(=O)N1CCOC(CO)C1. The number of ether oxygens (including phenoxy) is 1. The zero-order chi connectivity index (χ0) is 14.8. The maximum atomic E-state index is 12.6. The fraction of sp³-hybridized carbons (Fsp3) is 0.538. The summed E-state index contributed by atoms with van der Waals surface area (Å²) >= 11 is 0. The van der Waals surface area contributed by atoms with E-state index in [0.29, 0.717) is 25.3 Å². The smallest absolute Gasteiger partial charge is 0.243 e. The minimum Gasteiger partial charge on any atom is -0.394 e. The highest BCUT2D eigenvalue weighted by Gasteiger charge is 2.31. The molecule has 1 heterocycles. The minimum absolute atomic E-state index is 0.177. The second-order valence-corrected chi connectivity index (χ2v) is 6.75. The van der Waals surface area contributed by atoms with Crippen LogP contribution in [0.15, 0.2) is 23.1 Å². The van der Waals surface area contributed by atoms with Gasteiger partial charge in [0.1, 0.15) is 0 Å². The number of morpholine rings is 1. The van der Waals surface area contributed by atoms with Crippen molar-refractivity contribution in [3.63, 3.8) is 0 Å². The third-order valence-corrected chi connectivity index (χ3v) is 5.42. The molecule has 0 radical (unpaired) electrons. The number of hydrogen-bond acceptors (Lipinski definition) is 5. The number of rotatable bonds is 4. The molecule has 20 heavy (non-hydrogen) atoms. The van der Waals surface area contributed by atoms with Crippen LogP contribution < -0.4 is 5.73 Å². The summed E-state index contributed by atoms with van der Waals surface area (Å²) < 4.78 is 31.9. The molecule has 0 spiro atoms. The van der Waals surface area contributed by atoms with Crippen molar-refractivity contribution in [2.45, 2.75) is 24.5 Å². The molecule has 0 amide bonds. The zero-order valence-electron chi connectivity index (χ0n) is 11.4. The van der Waals surface area contributed by atoms with Crippen molar-refractivity contribution in [3.05, 3.63) is 29.3 Å². The van der Waals surface area contributed by atoms with Gasteiger partial charge in [-0.15, -0.1) is 0 Å². The van der Waals surface area contributed by atoms with Crippen molar-refractivity contribution in [1.82, 2.24) is 4.31 Å². The van der Waals surface area contributed by atoms with E-state index >= 15 is 0 Å². The Morgan fingerprint density at radius 2 is 2.25 bits per heavy atom. The van der Waals surface area contributed by atoms with Gasteiger partial charge in [-0.2, -0.15) is 4.31 Å². The Balaban J connectivity index is 2.30. The highest BCUT2D eigenvalue weighted by atomic mass is 32.2. The lowest BCUT2D eigenvalue weighted by Crippen LogP contribution is -2.46. The molecule has 6 nitrogen and oxygen atoms in total.